The largest absolute Gasteiger partial charge is 0.418 e. The number of aryl methyl sites for hydroxylation is 1. The zero-order valence-corrected chi connectivity index (χ0v) is 13.1. The highest BCUT2D eigenvalue weighted by Gasteiger charge is 2.16. The lowest BCUT2D eigenvalue weighted by molar-refractivity contribution is 0.423. The topological polar surface area (TPSA) is 51.0 Å². The lowest BCUT2D eigenvalue weighted by Crippen LogP contribution is -2.19. The fourth-order valence-corrected chi connectivity index (χ4v) is 2.98. The van der Waals surface area contributed by atoms with Gasteiger partial charge in [-0.2, -0.15) is 0 Å². The van der Waals surface area contributed by atoms with Crippen LogP contribution < -0.4 is 5.32 Å². The quantitative estimate of drug-likeness (QED) is 0.902. The summed E-state index contributed by atoms with van der Waals surface area (Å²) in [5.41, 5.74) is 1.19. The Morgan fingerprint density at radius 1 is 1.50 bits per heavy atom. The first-order chi connectivity index (χ1) is 8.61. The van der Waals surface area contributed by atoms with Crippen molar-refractivity contribution in [2.45, 2.75) is 33.2 Å². The molecule has 18 heavy (non-hydrogen) atoms. The Morgan fingerprint density at radius 3 is 2.89 bits per heavy atom. The zero-order chi connectivity index (χ0) is 13.1. The number of nitrogens with zero attached hydrogens (tertiary/aromatic N) is 2. The third-order valence-corrected chi connectivity index (χ3v) is 4.70. The van der Waals surface area contributed by atoms with E-state index in [0.717, 1.165) is 21.6 Å². The molecule has 0 saturated heterocycles. The molecule has 0 aliphatic rings. The maximum atomic E-state index is 5.70. The molecule has 1 N–H and O–H groups in total. The van der Waals surface area contributed by atoms with E-state index < -0.39 is 0 Å². The summed E-state index contributed by atoms with van der Waals surface area (Å²) in [6.45, 7) is 7.16. The number of aromatic nitrogens is 2. The van der Waals surface area contributed by atoms with Crippen molar-refractivity contribution in [2.75, 3.05) is 6.54 Å². The summed E-state index contributed by atoms with van der Waals surface area (Å²) < 4.78 is 6.81. The van der Waals surface area contributed by atoms with Crippen LogP contribution in [0.25, 0.3) is 10.8 Å². The molecule has 2 rings (SSSR count). The van der Waals surface area contributed by atoms with Crippen molar-refractivity contribution in [1.82, 2.24) is 15.5 Å². The normalized spacial score (nSPS) is 12.9. The van der Waals surface area contributed by atoms with Crippen LogP contribution in [0, 0.1) is 6.92 Å². The Bertz CT molecular complexity index is 504. The van der Waals surface area contributed by atoms with E-state index in [0.29, 0.717) is 11.8 Å². The minimum Gasteiger partial charge on any atom is -0.418 e. The molecule has 0 saturated carbocycles. The van der Waals surface area contributed by atoms with Gasteiger partial charge in [-0.15, -0.1) is 21.5 Å². The molecule has 0 aliphatic carbocycles. The molecule has 2 heterocycles. The van der Waals surface area contributed by atoms with Gasteiger partial charge in [0.05, 0.1) is 14.7 Å². The van der Waals surface area contributed by atoms with Crippen LogP contribution in [0.1, 0.15) is 37.8 Å². The molecule has 1 unspecified atom stereocenters. The molecule has 0 bridgehead atoms. The molecule has 0 amide bonds. The second-order valence-corrected chi connectivity index (χ2v) is 6.56. The van der Waals surface area contributed by atoms with Crippen LogP contribution in [0.2, 0.25) is 0 Å². The predicted octanol–water partition coefficient (Wildman–Crippen LogP) is 3.93. The molecule has 4 nitrogen and oxygen atoms in total. The van der Waals surface area contributed by atoms with E-state index in [9.17, 15) is 0 Å². The smallest absolute Gasteiger partial charge is 0.257 e. The number of thiophene rings is 1. The molecule has 0 aliphatic heterocycles. The third-order valence-electron chi connectivity index (χ3n) is 2.58. The van der Waals surface area contributed by atoms with E-state index in [2.05, 4.69) is 44.4 Å². The Labute approximate surface area is 119 Å². The molecule has 2 aromatic heterocycles. The summed E-state index contributed by atoms with van der Waals surface area (Å²) in [6, 6.07) is 2.15. The van der Waals surface area contributed by atoms with E-state index in [-0.39, 0.29) is 6.04 Å². The van der Waals surface area contributed by atoms with Gasteiger partial charge in [0.25, 0.3) is 5.89 Å². The van der Waals surface area contributed by atoms with Gasteiger partial charge < -0.3 is 9.73 Å². The van der Waals surface area contributed by atoms with Crippen LogP contribution in [0.15, 0.2) is 14.3 Å². The van der Waals surface area contributed by atoms with Gasteiger partial charge in [0.2, 0.25) is 5.89 Å². The molecule has 6 heteroatoms. The minimum absolute atomic E-state index is 0.0932. The van der Waals surface area contributed by atoms with Gasteiger partial charge in [-0.05, 0) is 54.4 Å². The van der Waals surface area contributed by atoms with Crippen molar-refractivity contribution in [3.05, 3.63) is 21.3 Å². The van der Waals surface area contributed by atoms with E-state index in [1.54, 1.807) is 11.3 Å². The van der Waals surface area contributed by atoms with Crippen molar-refractivity contribution < 1.29 is 4.42 Å². The third kappa shape index (κ3) is 2.99. The minimum atomic E-state index is 0.0932. The van der Waals surface area contributed by atoms with Gasteiger partial charge in [0.15, 0.2) is 0 Å². The fraction of sp³-hybridized carbons (Fsp3) is 0.500. The zero-order valence-electron chi connectivity index (χ0n) is 10.7. The van der Waals surface area contributed by atoms with Crippen LogP contribution in [0.5, 0.6) is 0 Å². The van der Waals surface area contributed by atoms with Crippen LogP contribution in [-0.4, -0.2) is 16.7 Å². The molecule has 1 atom stereocenters. The fourth-order valence-electron chi connectivity index (χ4n) is 1.52. The Kier molecular flexibility index (Phi) is 4.53. The molecule has 0 fully saturated rings. The first-order valence-electron chi connectivity index (χ1n) is 5.95. The van der Waals surface area contributed by atoms with Crippen LogP contribution in [-0.2, 0) is 0 Å². The number of hydrogen-bond acceptors (Lipinski definition) is 5. The molecular formula is C12H16BrN3OS. The summed E-state index contributed by atoms with van der Waals surface area (Å²) >= 11 is 5.11. The van der Waals surface area contributed by atoms with Gasteiger partial charge in [-0.25, -0.2) is 0 Å². The maximum absolute atomic E-state index is 5.70. The van der Waals surface area contributed by atoms with Gasteiger partial charge in [0, 0.05) is 0 Å². The SMILES string of the molecule is CCCNC(C)c1nnc(-c2cc(C)c(Br)s2)o1. The summed E-state index contributed by atoms with van der Waals surface area (Å²) in [4.78, 5) is 1.00. The van der Waals surface area contributed by atoms with Crippen molar-refractivity contribution in [3.63, 3.8) is 0 Å². The highest BCUT2D eigenvalue weighted by Crippen LogP contribution is 2.34. The van der Waals surface area contributed by atoms with Crippen molar-refractivity contribution in [1.29, 1.82) is 0 Å². The van der Waals surface area contributed by atoms with Crippen molar-refractivity contribution in [2.24, 2.45) is 0 Å². The predicted molar refractivity (Wildman–Crippen MR) is 76.8 cm³/mol. The highest BCUT2D eigenvalue weighted by molar-refractivity contribution is 9.11. The summed E-state index contributed by atoms with van der Waals surface area (Å²) in [6.07, 6.45) is 1.09. The Balaban J connectivity index is 2.14. The second-order valence-electron chi connectivity index (χ2n) is 4.19. The van der Waals surface area contributed by atoms with E-state index in [4.69, 9.17) is 4.42 Å². The molecule has 0 aromatic carbocycles. The number of rotatable bonds is 5. The summed E-state index contributed by atoms with van der Waals surface area (Å²) in [5, 5.41) is 11.5. The van der Waals surface area contributed by atoms with Gasteiger partial charge >= 0.3 is 0 Å². The first-order valence-corrected chi connectivity index (χ1v) is 7.55. The van der Waals surface area contributed by atoms with Gasteiger partial charge in [-0.1, -0.05) is 6.92 Å². The second kappa shape index (κ2) is 5.95. The van der Waals surface area contributed by atoms with Crippen LogP contribution >= 0.6 is 27.3 Å². The van der Waals surface area contributed by atoms with E-state index >= 15 is 0 Å². The molecule has 2 aromatic rings. The Hall–Kier alpha value is -0.720. The van der Waals surface area contributed by atoms with Crippen LogP contribution in [0.3, 0.4) is 0 Å². The number of hydrogen-bond donors (Lipinski definition) is 1. The summed E-state index contributed by atoms with van der Waals surface area (Å²) in [7, 11) is 0. The van der Waals surface area contributed by atoms with E-state index in [1.165, 1.54) is 5.56 Å². The molecule has 98 valence electrons. The lowest BCUT2D eigenvalue weighted by Gasteiger charge is -2.07. The van der Waals surface area contributed by atoms with Gasteiger partial charge in [-0.3, -0.25) is 0 Å². The Morgan fingerprint density at radius 2 is 2.28 bits per heavy atom. The average molecular weight is 330 g/mol. The maximum Gasteiger partial charge on any atom is 0.257 e. The van der Waals surface area contributed by atoms with Crippen molar-refractivity contribution >= 4 is 27.3 Å². The standard InChI is InChI=1S/C12H16BrN3OS/c1-4-5-14-8(3)11-15-16-12(17-11)9-6-7(2)10(13)18-9/h6,8,14H,4-5H2,1-3H3. The van der Waals surface area contributed by atoms with Gasteiger partial charge in [0.1, 0.15) is 0 Å². The first kappa shape index (κ1) is 13.7. The number of halogens is 1. The molecular weight excluding hydrogens is 314 g/mol. The lowest BCUT2D eigenvalue weighted by atomic mass is 10.3. The van der Waals surface area contributed by atoms with E-state index in [1.807, 2.05) is 13.8 Å². The molecule has 0 spiro atoms. The van der Waals surface area contributed by atoms with Crippen LogP contribution in [0.4, 0.5) is 0 Å². The monoisotopic (exact) mass is 329 g/mol. The highest BCUT2D eigenvalue weighted by atomic mass is 79.9. The number of nitrogens with one attached hydrogen (secondary N) is 1. The summed E-state index contributed by atoms with van der Waals surface area (Å²) in [5.74, 6) is 1.23. The average Bonchev–Trinajstić information content (AvgIpc) is 2.94. The molecule has 0 radical (unpaired) electrons. The van der Waals surface area contributed by atoms with Crippen molar-refractivity contribution in [3.8, 4) is 10.8 Å².